The van der Waals surface area contributed by atoms with E-state index in [0.29, 0.717) is 18.1 Å². The Bertz CT molecular complexity index is 1620. The summed E-state index contributed by atoms with van der Waals surface area (Å²) in [6.07, 6.45) is 4.18. The van der Waals surface area contributed by atoms with E-state index in [-0.39, 0.29) is 6.61 Å². The number of tetrazole rings is 1. The molecular formula is C25H20BrN7O2. The molecule has 1 aliphatic heterocycles. The Labute approximate surface area is 208 Å². The van der Waals surface area contributed by atoms with E-state index < -0.39 is 0 Å². The number of aliphatic hydroxyl groups excluding tert-OH is 1. The van der Waals surface area contributed by atoms with Gasteiger partial charge in [0.05, 0.1) is 31.4 Å². The van der Waals surface area contributed by atoms with Crippen molar-refractivity contribution in [3.05, 3.63) is 76.5 Å². The molecule has 4 aromatic rings. The SMILES string of the molecule is CCc1nc2ccc(CO)nc2n1Cc1c2ccocc-2c(Br)c1-c1ccccc1-c1nnn[nH]1. The maximum atomic E-state index is 9.67. The maximum absolute atomic E-state index is 9.67. The van der Waals surface area contributed by atoms with Gasteiger partial charge in [-0.1, -0.05) is 31.2 Å². The van der Waals surface area contributed by atoms with Crippen LogP contribution >= 0.6 is 15.9 Å². The molecule has 0 fully saturated rings. The lowest BCUT2D eigenvalue weighted by Gasteiger charge is -2.13. The zero-order valence-corrected chi connectivity index (χ0v) is 20.3. The fourth-order valence-corrected chi connectivity index (χ4v) is 5.36. The van der Waals surface area contributed by atoms with Crippen molar-refractivity contribution in [3.63, 3.8) is 0 Å². The molecule has 4 heterocycles. The molecule has 9 nitrogen and oxygen atoms in total. The van der Waals surface area contributed by atoms with Gasteiger partial charge in [0.2, 0.25) is 0 Å². The second kappa shape index (κ2) is 8.71. The number of pyridine rings is 1. The Morgan fingerprint density at radius 1 is 1.03 bits per heavy atom. The van der Waals surface area contributed by atoms with Crippen molar-refractivity contribution in [1.82, 2.24) is 35.2 Å². The van der Waals surface area contributed by atoms with Gasteiger partial charge in [0.25, 0.3) is 0 Å². The molecule has 2 aliphatic rings. The molecule has 0 saturated carbocycles. The van der Waals surface area contributed by atoms with Gasteiger partial charge in [-0.15, -0.1) is 5.10 Å². The van der Waals surface area contributed by atoms with Gasteiger partial charge < -0.3 is 14.1 Å². The van der Waals surface area contributed by atoms with Gasteiger partial charge in [0.15, 0.2) is 11.5 Å². The normalized spacial score (nSPS) is 11.6. The Balaban J connectivity index is 1.62. The number of H-pyrrole nitrogens is 1. The van der Waals surface area contributed by atoms with E-state index in [1.54, 1.807) is 12.5 Å². The molecule has 0 saturated heterocycles. The topological polar surface area (TPSA) is 119 Å². The third kappa shape index (κ3) is 3.53. The number of aliphatic hydroxyl groups is 1. The summed E-state index contributed by atoms with van der Waals surface area (Å²) >= 11 is 3.85. The van der Waals surface area contributed by atoms with Crippen LogP contribution in [0.15, 0.2) is 63.9 Å². The molecule has 174 valence electrons. The molecule has 1 aliphatic carbocycles. The molecule has 0 unspecified atom stereocenters. The van der Waals surface area contributed by atoms with Crippen LogP contribution in [0.1, 0.15) is 24.0 Å². The van der Waals surface area contributed by atoms with Crippen molar-refractivity contribution in [2.45, 2.75) is 26.5 Å². The number of nitrogens with zero attached hydrogens (tertiary/aromatic N) is 6. The second-order valence-corrected chi connectivity index (χ2v) is 8.91. The monoisotopic (exact) mass is 529 g/mol. The standard InChI is InChI=1S/C25H20BrN7O2/c1-2-21-28-20-8-7-14(12-34)27-25(20)33(21)11-18-15-9-10-35-13-19(15)23(26)22(18)16-5-3-4-6-17(16)24-29-31-32-30-24/h3-10,13,34H,2,11-12H2,1H3,(H,29,30,31,32). The number of hydrogen-bond donors (Lipinski definition) is 2. The van der Waals surface area contributed by atoms with Crippen molar-refractivity contribution in [2.75, 3.05) is 0 Å². The highest BCUT2D eigenvalue weighted by atomic mass is 79.9. The van der Waals surface area contributed by atoms with Crippen molar-refractivity contribution >= 4 is 27.1 Å². The summed E-state index contributed by atoms with van der Waals surface area (Å²) < 4.78 is 8.59. The molecule has 0 radical (unpaired) electrons. The van der Waals surface area contributed by atoms with Gasteiger partial charge >= 0.3 is 0 Å². The van der Waals surface area contributed by atoms with Gasteiger partial charge in [-0.25, -0.2) is 15.1 Å². The number of rotatable bonds is 6. The number of aryl methyl sites for hydroxylation is 1. The lowest BCUT2D eigenvalue weighted by atomic mass is 9.97. The maximum Gasteiger partial charge on any atom is 0.180 e. The fraction of sp³-hybridized carbons (Fsp3) is 0.160. The van der Waals surface area contributed by atoms with E-state index in [1.165, 1.54) is 0 Å². The van der Waals surface area contributed by atoms with Gasteiger partial charge in [-0.2, -0.15) is 0 Å². The van der Waals surface area contributed by atoms with Crippen LogP contribution in [-0.4, -0.2) is 40.3 Å². The van der Waals surface area contributed by atoms with Crippen molar-refractivity contribution in [1.29, 1.82) is 0 Å². The highest BCUT2D eigenvalue weighted by Crippen LogP contribution is 2.48. The lowest BCUT2D eigenvalue weighted by molar-refractivity contribution is 0.277. The highest BCUT2D eigenvalue weighted by molar-refractivity contribution is 9.10. The molecular weight excluding hydrogens is 510 g/mol. The Morgan fingerprint density at radius 3 is 2.66 bits per heavy atom. The predicted molar refractivity (Wildman–Crippen MR) is 134 cm³/mol. The van der Waals surface area contributed by atoms with E-state index in [9.17, 15) is 5.11 Å². The second-order valence-electron chi connectivity index (χ2n) is 8.12. The van der Waals surface area contributed by atoms with Crippen LogP contribution in [0.5, 0.6) is 0 Å². The molecule has 2 N–H and O–H groups in total. The summed E-state index contributed by atoms with van der Waals surface area (Å²) in [5.74, 6) is 1.51. The number of halogens is 1. The third-order valence-electron chi connectivity index (χ3n) is 6.19. The molecule has 10 heteroatoms. The average molecular weight is 530 g/mol. The number of aromatic amines is 1. The summed E-state index contributed by atoms with van der Waals surface area (Å²) in [4.78, 5) is 9.50. The number of aromatic nitrogens is 7. The van der Waals surface area contributed by atoms with Gasteiger partial charge in [0.1, 0.15) is 11.3 Å². The van der Waals surface area contributed by atoms with Crippen LogP contribution < -0.4 is 0 Å². The van der Waals surface area contributed by atoms with E-state index in [4.69, 9.17) is 14.4 Å². The number of imidazole rings is 1. The average Bonchev–Trinajstić information content (AvgIpc) is 3.62. The summed E-state index contributed by atoms with van der Waals surface area (Å²) in [6, 6.07) is 13.7. The van der Waals surface area contributed by atoms with Crippen molar-refractivity contribution < 1.29 is 9.52 Å². The van der Waals surface area contributed by atoms with Crippen LogP contribution in [0.3, 0.4) is 0 Å². The molecule has 0 spiro atoms. The van der Waals surface area contributed by atoms with E-state index >= 15 is 0 Å². The van der Waals surface area contributed by atoms with Crippen LogP contribution in [-0.2, 0) is 19.6 Å². The van der Waals surface area contributed by atoms with Crippen LogP contribution in [0.25, 0.3) is 44.8 Å². The molecule has 1 aromatic carbocycles. The van der Waals surface area contributed by atoms with E-state index in [1.807, 2.05) is 36.4 Å². The minimum Gasteiger partial charge on any atom is -0.472 e. The molecule has 6 rings (SSSR count). The summed E-state index contributed by atoms with van der Waals surface area (Å²) in [6.45, 7) is 2.49. The van der Waals surface area contributed by atoms with Crippen LogP contribution in [0.2, 0.25) is 0 Å². The van der Waals surface area contributed by atoms with E-state index in [2.05, 4.69) is 54.1 Å². The zero-order valence-electron chi connectivity index (χ0n) is 18.7. The van der Waals surface area contributed by atoms with Gasteiger partial charge in [-0.3, -0.25) is 0 Å². The Kier molecular flexibility index (Phi) is 5.39. The Morgan fingerprint density at radius 2 is 1.89 bits per heavy atom. The fourth-order valence-electron chi connectivity index (χ4n) is 4.60. The summed E-state index contributed by atoms with van der Waals surface area (Å²) in [5.41, 5.74) is 8.17. The van der Waals surface area contributed by atoms with E-state index in [0.717, 1.165) is 61.3 Å². The third-order valence-corrected chi connectivity index (χ3v) is 7.02. The van der Waals surface area contributed by atoms with Crippen LogP contribution in [0, 0.1) is 0 Å². The first-order valence-corrected chi connectivity index (χ1v) is 11.9. The number of nitrogens with one attached hydrogen (secondary N) is 1. The minimum atomic E-state index is -0.126. The zero-order chi connectivity index (χ0) is 23.9. The van der Waals surface area contributed by atoms with Gasteiger partial charge in [-0.05, 0) is 61.2 Å². The Hall–Kier alpha value is -3.89. The summed E-state index contributed by atoms with van der Waals surface area (Å²) in [7, 11) is 0. The molecule has 0 amide bonds. The first-order chi connectivity index (χ1) is 17.2. The lowest BCUT2D eigenvalue weighted by Crippen LogP contribution is -2.07. The quantitative estimate of drug-likeness (QED) is 0.316. The van der Waals surface area contributed by atoms with Gasteiger partial charge in [0, 0.05) is 27.6 Å². The first-order valence-electron chi connectivity index (χ1n) is 11.1. The molecule has 3 aromatic heterocycles. The predicted octanol–water partition coefficient (Wildman–Crippen LogP) is 4.84. The largest absolute Gasteiger partial charge is 0.472 e. The molecule has 0 bridgehead atoms. The number of hydrogen-bond acceptors (Lipinski definition) is 7. The number of fused-ring (bicyclic) bond motifs is 2. The van der Waals surface area contributed by atoms with Crippen molar-refractivity contribution in [2.24, 2.45) is 0 Å². The minimum absolute atomic E-state index is 0.126. The first kappa shape index (κ1) is 21.6. The van der Waals surface area contributed by atoms with Crippen molar-refractivity contribution in [3.8, 4) is 33.6 Å². The molecule has 0 atom stereocenters. The highest BCUT2D eigenvalue weighted by Gasteiger charge is 2.27. The smallest absolute Gasteiger partial charge is 0.180 e. The molecule has 35 heavy (non-hydrogen) atoms. The van der Waals surface area contributed by atoms with Crippen LogP contribution in [0.4, 0.5) is 0 Å². The number of benzene rings is 1. The summed E-state index contributed by atoms with van der Waals surface area (Å²) in [5, 5.41) is 24.2.